The normalized spacial score (nSPS) is 17.4. The Morgan fingerprint density at radius 2 is 2.03 bits per heavy atom. The monoisotopic (exact) mass is 478 g/mol. The minimum Gasteiger partial charge on any atom is -0.492 e. The highest BCUT2D eigenvalue weighted by Gasteiger charge is 2.34. The molecule has 3 rings (SSSR count). The van der Waals surface area contributed by atoms with E-state index in [1.165, 1.54) is 16.4 Å². The molecule has 1 fully saturated rings. The molecule has 8 heteroatoms. The molecule has 1 atom stereocenters. The summed E-state index contributed by atoms with van der Waals surface area (Å²) in [6, 6.07) is 10.4. The van der Waals surface area contributed by atoms with Crippen LogP contribution in [-0.4, -0.2) is 38.3 Å². The minimum absolute atomic E-state index is 0.105. The first-order valence-electron chi connectivity index (χ1n) is 11.0. The molecule has 174 valence electrons. The molecule has 1 saturated heterocycles. The number of sulfonamides is 1. The summed E-state index contributed by atoms with van der Waals surface area (Å²) in [4.78, 5) is 13.2. The molecule has 2 aromatic carbocycles. The van der Waals surface area contributed by atoms with Crippen LogP contribution in [-0.2, 0) is 14.8 Å². The third-order valence-corrected chi connectivity index (χ3v) is 7.93. The van der Waals surface area contributed by atoms with E-state index < -0.39 is 15.9 Å². The molecule has 0 unspecified atom stereocenters. The van der Waals surface area contributed by atoms with Crippen molar-refractivity contribution in [2.45, 2.75) is 51.3 Å². The Morgan fingerprint density at radius 3 is 2.69 bits per heavy atom. The number of ether oxygens (including phenoxy) is 1. The molecule has 32 heavy (non-hydrogen) atoms. The van der Waals surface area contributed by atoms with E-state index in [9.17, 15) is 13.2 Å². The van der Waals surface area contributed by atoms with Gasteiger partial charge in [-0.05, 0) is 61.9 Å². The second kappa shape index (κ2) is 10.2. The van der Waals surface area contributed by atoms with E-state index in [0.717, 1.165) is 16.8 Å². The average Bonchev–Trinajstić information content (AvgIpc) is 2.76. The lowest BCUT2D eigenvalue weighted by Gasteiger charge is -2.31. The minimum atomic E-state index is -3.77. The number of amides is 1. The summed E-state index contributed by atoms with van der Waals surface area (Å²) in [5, 5.41) is 3.32. The largest absolute Gasteiger partial charge is 0.492 e. The summed E-state index contributed by atoms with van der Waals surface area (Å²) in [5.41, 5.74) is 2.89. The predicted octanol–water partition coefficient (Wildman–Crippen LogP) is 5.21. The summed E-state index contributed by atoms with van der Waals surface area (Å²) in [6.45, 7) is 8.92. The van der Waals surface area contributed by atoms with Gasteiger partial charge in [0.05, 0.1) is 22.4 Å². The summed E-state index contributed by atoms with van der Waals surface area (Å²) in [5.74, 6) is 0.142. The fraction of sp³-hybridized carbons (Fsp3) is 0.458. The second-order valence-corrected chi connectivity index (χ2v) is 10.8. The molecule has 6 nitrogen and oxygen atoms in total. The smallest absolute Gasteiger partial charge is 0.243 e. The number of carbonyl (C=O) groups is 1. The van der Waals surface area contributed by atoms with E-state index in [0.29, 0.717) is 31.7 Å². The van der Waals surface area contributed by atoms with Crippen LogP contribution < -0.4 is 10.1 Å². The molecule has 0 aromatic heterocycles. The lowest BCUT2D eigenvalue weighted by Crippen LogP contribution is -2.43. The molecule has 0 bridgehead atoms. The van der Waals surface area contributed by atoms with Gasteiger partial charge in [-0.1, -0.05) is 43.6 Å². The fourth-order valence-electron chi connectivity index (χ4n) is 4.01. The van der Waals surface area contributed by atoms with Crippen LogP contribution in [0.15, 0.2) is 41.3 Å². The van der Waals surface area contributed by atoms with E-state index >= 15 is 0 Å². The molecule has 1 aliphatic rings. The average molecular weight is 479 g/mol. The third kappa shape index (κ3) is 5.27. The zero-order valence-corrected chi connectivity index (χ0v) is 20.6. The first-order chi connectivity index (χ1) is 15.1. The van der Waals surface area contributed by atoms with Crippen molar-refractivity contribution in [2.75, 3.05) is 25.0 Å². The van der Waals surface area contributed by atoms with Crippen molar-refractivity contribution < 1.29 is 17.9 Å². The van der Waals surface area contributed by atoms with Gasteiger partial charge in [0.2, 0.25) is 15.9 Å². The Morgan fingerprint density at radius 1 is 1.28 bits per heavy atom. The van der Waals surface area contributed by atoms with Gasteiger partial charge in [0, 0.05) is 18.8 Å². The highest BCUT2D eigenvalue weighted by Crippen LogP contribution is 2.32. The molecule has 1 N–H and O–H groups in total. The zero-order chi connectivity index (χ0) is 23.5. The molecule has 1 heterocycles. The van der Waals surface area contributed by atoms with E-state index in [2.05, 4.69) is 19.2 Å². The van der Waals surface area contributed by atoms with Gasteiger partial charge in [0.25, 0.3) is 0 Å². The number of anilines is 1. The van der Waals surface area contributed by atoms with Gasteiger partial charge in [-0.25, -0.2) is 8.42 Å². The van der Waals surface area contributed by atoms with E-state index in [-0.39, 0.29) is 28.3 Å². The molecular formula is C24H31ClN2O4S. The Hall–Kier alpha value is -2.09. The third-order valence-electron chi connectivity index (χ3n) is 5.77. The van der Waals surface area contributed by atoms with Crippen LogP contribution in [0.25, 0.3) is 0 Å². The Labute approximate surface area is 196 Å². The van der Waals surface area contributed by atoms with Gasteiger partial charge in [0.15, 0.2) is 0 Å². The maximum atomic E-state index is 13.2. The lowest BCUT2D eigenvalue weighted by atomic mass is 9.95. The van der Waals surface area contributed by atoms with Gasteiger partial charge in [0.1, 0.15) is 5.75 Å². The predicted molar refractivity (Wildman–Crippen MR) is 128 cm³/mol. The molecule has 2 aromatic rings. The molecule has 1 amide bonds. The number of nitrogens with zero attached hydrogens (tertiary/aromatic N) is 1. The zero-order valence-electron chi connectivity index (χ0n) is 19.0. The number of rotatable bonds is 7. The van der Waals surface area contributed by atoms with E-state index in [1.807, 2.05) is 32.0 Å². The summed E-state index contributed by atoms with van der Waals surface area (Å²) in [7, 11) is -3.77. The van der Waals surface area contributed by atoms with Crippen molar-refractivity contribution in [3.05, 3.63) is 52.5 Å². The Balaban J connectivity index is 1.78. The van der Waals surface area contributed by atoms with Crippen LogP contribution in [0.4, 0.5) is 5.69 Å². The number of halogens is 1. The van der Waals surface area contributed by atoms with E-state index in [4.69, 9.17) is 16.3 Å². The van der Waals surface area contributed by atoms with E-state index in [1.54, 1.807) is 6.07 Å². The van der Waals surface area contributed by atoms with Crippen molar-refractivity contribution in [3.63, 3.8) is 0 Å². The van der Waals surface area contributed by atoms with Gasteiger partial charge in [-0.2, -0.15) is 4.31 Å². The summed E-state index contributed by atoms with van der Waals surface area (Å²) < 4.78 is 33.2. The maximum absolute atomic E-state index is 13.2. The number of nitrogens with one attached hydrogen (secondary N) is 1. The fourth-order valence-corrected chi connectivity index (χ4v) is 5.86. The number of aryl methyl sites for hydroxylation is 1. The Bertz CT molecular complexity index is 1090. The first kappa shape index (κ1) is 24.6. The SMILES string of the molecule is CCOc1ccc(S(=O)(=O)N2CCC[C@@H](C(=O)Nc3c(C)cccc3C(C)C)C2)cc1Cl. The topological polar surface area (TPSA) is 75.7 Å². The molecule has 0 spiro atoms. The molecule has 0 saturated carbocycles. The molecule has 0 radical (unpaired) electrons. The highest BCUT2D eigenvalue weighted by atomic mass is 35.5. The maximum Gasteiger partial charge on any atom is 0.243 e. The first-order valence-corrected chi connectivity index (χ1v) is 12.8. The van der Waals surface area contributed by atoms with Crippen molar-refractivity contribution in [3.8, 4) is 5.75 Å². The van der Waals surface area contributed by atoms with Gasteiger partial charge >= 0.3 is 0 Å². The summed E-state index contributed by atoms with van der Waals surface area (Å²) >= 11 is 6.21. The number of hydrogen-bond donors (Lipinski definition) is 1. The van der Waals surface area contributed by atoms with Crippen LogP contribution >= 0.6 is 11.6 Å². The molecular weight excluding hydrogens is 448 g/mol. The highest BCUT2D eigenvalue weighted by molar-refractivity contribution is 7.89. The quantitative estimate of drug-likeness (QED) is 0.592. The van der Waals surface area contributed by atoms with Crippen LogP contribution in [0.2, 0.25) is 5.02 Å². The standard InChI is InChI=1S/C24H31ClN2O4S/c1-5-31-22-12-11-19(14-21(22)25)32(29,30)27-13-7-9-18(15-27)24(28)26-23-17(4)8-6-10-20(23)16(2)3/h6,8,10-12,14,16,18H,5,7,9,13,15H2,1-4H3,(H,26,28)/t18-/m1/s1. The number of para-hydroxylation sites is 1. The number of piperidine rings is 1. The number of carbonyl (C=O) groups excluding carboxylic acids is 1. The van der Waals surface area contributed by atoms with Crippen molar-refractivity contribution in [2.24, 2.45) is 5.92 Å². The molecule has 0 aliphatic carbocycles. The van der Waals surface area contributed by atoms with Crippen molar-refractivity contribution in [1.29, 1.82) is 0 Å². The Kier molecular flexibility index (Phi) is 7.85. The van der Waals surface area contributed by atoms with Crippen molar-refractivity contribution >= 4 is 33.2 Å². The van der Waals surface area contributed by atoms with Gasteiger partial charge in [-0.15, -0.1) is 0 Å². The van der Waals surface area contributed by atoms with Crippen LogP contribution in [0.3, 0.4) is 0 Å². The van der Waals surface area contributed by atoms with Gasteiger partial charge in [-0.3, -0.25) is 4.79 Å². The van der Waals surface area contributed by atoms with Crippen LogP contribution in [0.5, 0.6) is 5.75 Å². The second-order valence-electron chi connectivity index (χ2n) is 8.41. The molecule has 1 aliphatic heterocycles. The number of benzene rings is 2. The summed E-state index contributed by atoms with van der Waals surface area (Å²) in [6.07, 6.45) is 1.26. The van der Waals surface area contributed by atoms with Gasteiger partial charge < -0.3 is 10.1 Å². The lowest BCUT2D eigenvalue weighted by molar-refractivity contribution is -0.120. The number of hydrogen-bond acceptors (Lipinski definition) is 4. The van der Waals surface area contributed by atoms with Crippen molar-refractivity contribution in [1.82, 2.24) is 4.31 Å². The van der Waals surface area contributed by atoms with Crippen LogP contribution in [0, 0.1) is 12.8 Å². The van der Waals surface area contributed by atoms with Crippen LogP contribution in [0.1, 0.15) is 50.7 Å².